The number of H-pyrrole nitrogens is 1. The van der Waals surface area contributed by atoms with Gasteiger partial charge in [-0.05, 0) is 24.4 Å². The lowest BCUT2D eigenvalue weighted by molar-refractivity contribution is 0.100. The number of hydrogen-bond donors (Lipinski definition) is 2. The summed E-state index contributed by atoms with van der Waals surface area (Å²) in [4.78, 5) is 15.4. The average molecular weight is 242 g/mol. The van der Waals surface area contributed by atoms with Gasteiger partial charge < -0.3 is 10.7 Å². The van der Waals surface area contributed by atoms with Crippen molar-refractivity contribution in [2.75, 3.05) is 0 Å². The molecule has 2 heterocycles. The Morgan fingerprint density at radius 1 is 1.50 bits per heavy atom. The highest BCUT2D eigenvalue weighted by Gasteiger charge is 2.07. The quantitative estimate of drug-likeness (QED) is 0.795. The topological polar surface area (TPSA) is 58.9 Å². The van der Waals surface area contributed by atoms with E-state index in [-0.39, 0.29) is 0 Å². The van der Waals surface area contributed by atoms with Gasteiger partial charge in [0.1, 0.15) is 0 Å². The molecule has 6 heteroatoms. The first-order valence-corrected chi connectivity index (χ1v) is 5.85. The van der Waals surface area contributed by atoms with Gasteiger partial charge in [0.15, 0.2) is 3.95 Å². The molecule has 1 amide bonds. The zero-order valence-electron chi connectivity index (χ0n) is 6.94. The maximum Gasteiger partial charge on any atom is 0.258 e. The molecule has 2 rings (SSSR count). The maximum atomic E-state index is 10.9. The molecule has 2 aromatic heterocycles. The van der Waals surface area contributed by atoms with E-state index in [0.29, 0.717) is 4.88 Å². The molecule has 3 N–H and O–H groups in total. The second-order valence-corrected chi connectivity index (χ2v) is 5.22. The van der Waals surface area contributed by atoms with Crippen molar-refractivity contribution < 1.29 is 4.79 Å². The van der Waals surface area contributed by atoms with Crippen molar-refractivity contribution in [2.45, 2.75) is 0 Å². The van der Waals surface area contributed by atoms with E-state index in [4.69, 9.17) is 18.0 Å². The van der Waals surface area contributed by atoms with Gasteiger partial charge in [0.25, 0.3) is 5.91 Å². The largest absolute Gasteiger partial charge is 0.365 e. The molecule has 0 aliphatic heterocycles. The van der Waals surface area contributed by atoms with Crippen LogP contribution in [0.1, 0.15) is 9.67 Å². The summed E-state index contributed by atoms with van der Waals surface area (Å²) < 4.78 is 0.731. The Kier molecular flexibility index (Phi) is 2.49. The summed E-state index contributed by atoms with van der Waals surface area (Å²) in [7, 11) is 0. The predicted octanol–water partition coefficient (Wildman–Crippen LogP) is 2.63. The van der Waals surface area contributed by atoms with Gasteiger partial charge in [-0.2, -0.15) is 0 Å². The minimum Gasteiger partial charge on any atom is -0.365 e. The number of thiophene rings is 1. The first-order chi connectivity index (χ1) is 6.66. The first-order valence-electron chi connectivity index (χ1n) is 3.74. The van der Waals surface area contributed by atoms with E-state index in [2.05, 4.69) is 4.98 Å². The van der Waals surface area contributed by atoms with Crippen molar-refractivity contribution >= 4 is 40.8 Å². The third-order valence-electron chi connectivity index (χ3n) is 1.63. The minimum absolute atomic E-state index is 0.393. The molecule has 0 radical (unpaired) electrons. The summed E-state index contributed by atoms with van der Waals surface area (Å²) in [6.07, 6.45) is 0. The Morgan fingerprint density at radius 2 is 2.29 bits per heavy atom. The van der Waals surface area contributed by atoms with E-state index in [1.165, 1.54) is 22.7 Å². The molecular weight excluding hydrogens is 236 g/mol. The number of carbonyl (C=O) groups is 1. The molecule has 3 nitrogen and oxygen atoms in total. The van der Waals surface area contributed by atoms with E-state index in [0.717, 1.165) is 14.5 Å². The van der Waals surface area contributed by atoms with Crippen LogP contribution in [0.15, 0.2) is 17.5 Å². The van der Waals surface area contributed by atoms with E-state index < -0.39 is 5.91 Å². The van der Waals surface area contributed by atoms with E-state index in [9.17, 15) is 4.79 Å². The Balaban J connectivity index is 2.43. The summed E-state index contributed by atoms with van der Waals surface area (Å²) in [5.74, 6) is -0.393. The van der Waals surface area contributed by atoms with Crippen molar-refractivity contribution in [3.05, 3.63) is 26.3 Å². The number of primary amides is 1. The molecule has 2 aromatic rings. The molecule has 0 saturated heterocycles. The van der Waals surface area contributed by atoms with E-state index in [1.54, 1.807) is 6.07 Å². The maximum absolute atomic E-state index is 10.9. The van der Waals surface area contributed by atoms with Crippen molar-refractivity contribution in [3.8, 4) is 10.6 Å². The van der Waals surface area contributed by atoms with Crippen LogP contribution < -0.4 is 5.73 Å². The van der Waals surface area contributed by atoms with Crippen LogP contribution in [-0.4, -0.2) is 10.9 Å². The van der Waals surface area contributed by atoms with Crippen LogP contribution in [0.25, 0.3) is 10.6 Å². The lowest BCUT2D eigenvalue weighted by Gasteiger charge is -1.88. The molecule has 0 atom stereocenters. The molecule has 14 heavy (non-hydrogen) atoms. The minimum atomic E-state index is -0.393. The van der Waals surface area contributed by atoms with Gasteiger partial charge >= 0.3 is 0 Å². The van der Waals surface area contributed by atoms with Crippen LogP contribution >= 0.6 is 34.9 Å². The van der Waals surface area contributed by atoms with Crippen molar-refractivity contribution in [2.24, 2.45) is 5.73 Å². The third kappa shape index (κ3) is 1.77. The van der Waals surface area contributed by atoms with Crippen LogP contribution in [0.4, 0.5) is 0 Å². The van der Waals surface area contributed by atoms with Gasteiger partial charge in [-0.15, -0.1) is 22.7 Å². The summed E-state index contributed by atoms with van der Waals surface area (Å²) in [5, 5.41) is 1.93. The van der Waals surface area contributed by atoms with Crippen molar-refractivity contribution in [3.63, 3.8) is 0 Å². The summed E-state index contributed by atoms with van der Waals surface area (Å²) in [6.45, 7) is 0. The standard InChI is InChI=1S/C8H6N2OS3/c9-7(11)6-2-1-5(14-6)4-3-13-8(12)10-4/h1-3H,(H2,9,11)(H,10,12). The Labute approximate surface area is 93.2 Å². The van der Waals surface area contributed by atoms with Crippen molar-refractivity contribution in [1.82, 2.24) is 4.98 Å². The molecule has 72 valence electrons. The average Bonchev–Trinajstić information content (AvgIpc) is 2.70. The number of nitrogens with two attached hydrogens (primary N) is 1. The Hall–Kier alpha value is -0.980. The second-order valence-electron chi connectivity index (χ2n) is 2.59. The Morgan fingerprint density at radius 3 is 2.79 bits per heavy atom. The molecule has 0 aromatic carbocycles. The van der Waals surface area contributed by atoms with Crippen LogP contribution in [0.3, 0.4) is 0 Å². The highest BCUT2D eigenvalue weighted by atomic mass is 32.1. The molecule has 0 unspecified atom stereocenters. The number of amides is 1. The molecule has 0 aliphatic carbocycles. The van der Waals surface area contributed by atoms with Gasteiger partial charge in [0, 0.05) is 5.38 Å². The van der Waals surface area contributed by atoms with Gasteiger partial charge in [-0.3, -0.25) is 4.79 Å². The van der Waals surface area contributed by atoms with Crippen LogP contribution in [-0.2, 0) is 0 Å². The molecule has 0 fully saturated rings. The monoisotopic (exact) mass is 242 g/mol. The number of aromatic nitrogens is 1. The predicted molar refractivity (Wildman–Crippen MR) is 61.3 cm³/mol. The van der Waals surface area contributed by atoms with Gasteiger partial charge in [0.2, 0.25) is 0 Å². The lowest BCUT2D eigenvalue weighted by atomic mass is 10.3. The summed E-state index contributed by atoms with van der Waals surface area (Å²) in [6, 6.07) is 3.58. The number of thiazole rings is 1. The summed E-state index contributed by atoms with van der Waals surface area (Å²) >= 11 is 7.80. The van der Waals surface area contributed by atoms with Crippen LogP contribution in [0.5, 0.6) is 0 Å². The van der Waals surface area contributed by atoms with Gasteiger partial charge in [0.05, 0.1) is 15.4 Å². The highest BCUT2D eigenvalue weighted by molar-refractivity contribution is 7.73. The second kappa shape index (κ2) is 3.64. The zero-order valence-corrected chi connectivity index (χ0v) is 9.39. The number of nitrogens with one attached hydrogen (secondary N) is 1. The smallest absolute Gasteiger partial charge is 0.258 e. The van der Waals surface area contributed by atoms with Crippen LogP contribution in [0, 0.1) is 3.95 Å². The number of aromatic amines is 1. The lowest BCUT2D eigenvalue weighted by Crippen LogP contribution is -2.07. The van der Waals surface area contributed by atoms with Crippen molar-refractivity contribution in [1.29, 1.82) is 0 Å². The number of rotatable bonds is 2. The molecule has 0 spiro atoms. The molecule has 0 aliphatic rings. The van der Waals surface area contributed by atoms with Gasteiger partial charge in [-0.25, -0.2) is 0 Å². The number of hydrogen-bond acceptors (Lipinski definition) is 4. The number of carbonyl (C=O) groups excluding carboxylic acids is 1. The van der Waals surface area contributed by atoms with E-state index in [1.807, 2.05) is 11.4 Å². The summed E-state index contributed by atoms with van der Waals surface area (Å²) in [5.41, 5.74) is 6.10. The first kappa shape index (κ1) is 9.57. The van der Waals surface area contributed by atoms with Crippen LogP contribution in [0.2, 0.25) is 0 Å². The molecule has 0 saturated carbocycles. The fourth-order valence-corrected chi connectivity index (χ4v) is 2.75. The normalized spacial score (nSPS) is 10.3. The van der Waals surface area contributed by atoms with Gasteiger partial charge in [-0.1, -0.05) is 0 Å². The fourth-order valence-electron chi connectivity index (χ4n) is 1.02. The fraction of sp³-hybridized carbons (Fsp3) is 0. The zero-order chi connectivity index (χ0) is 10.1. The molecule has 0 bridgehead atoms. The SMILES string of the molecule is NC(=O)c1ccc(-c2csc(=S)[nH]2)s1. The Bertz CT molecular complexity index is 522. The third-order valence-corrected chi connectivity index (χ3v) is 3.83. The highest BCUT2D eigenvalue weighted by Crippen LogP contribution is 2.27. The molecular formula is C8H6N2OS3. The van der Waals surface area contributed by atoms with E-state index >= 15 is 0 Å².